The number of rotatable bonds is 5. The number of halogens is 1. The molecule has 1 aromatic carbocycles. The Morgan fingerprint density at radius 2 is 2.14 bits per heavy atom. The normalized spacial score (nSPS) is 15.0. The summed E-state index contributed by atoms with van der Waals surface area (Å²) in [7, 11) is -3.63. The number of thiophene rings is 1. The Bertz CT molecular complexity index is 822. The maximum atomic E-state index is 12.9. The van der Waals surface area contributed by atoms with E-state index in [1.54, 1.807) is 0 Å². The van der Waals surface area contributed by atoms with Crippen LogP contribution in [0, 0.1) is 11.3 Å². The van der Waals surface area contributed by atoms with Gasteiger partial charge in [-0.05, 0) is 42.5 Å². The molecule has 7 heteroatoms. The van der Waals surface area contributed by atoms with E-state index in [4.69, 9.17) is 16.9 Å². The minimum atomic E-state index is -3.63. The topological polar surface area (TPSA) is 61.2 Å². The molecule has 0 N–H and O–H groups in total. The van der Waals surface area contributed by atoms with Crippen molar-refractivity contribution in [3.8, 4) is 6.07 Å². The molecule has 0 radical (unpaired) electrons. The summed E-state index contributed by atoms with van der Waals surface area (Å²) in [4.78, 5) is 1.13. The molecule has 114 valence electrons. The Morgan fingerprint density at radius 3 is 2.73 bits per heavy atom. The molecular formula is C15H13ClN2O2S2. The lowest BCUT2D eigenvalue weighted by Crippen LogP contribution is -2.32. The summed E-state index contributed by atoms with van der Waals surface area (Å²) in [6.45, 7) is 0.370. The minimum Gasteiger partial charge on any atom is -0.207 e. The van der Waals surface area contributed by atoms with Gasteiger partial charge in [-0.1, -0.05) is 17.7 Å². The van der Waals surface area contributed by atoms with E-state index < -0.39 is 10.0 Å². The van der Waals surface area contributed by atoms with Crippen molar-refractivity contribution < 1.29 is 8.42 Å². The van der Waals surface area contributed by atoms with Gasteiger partial charge in [-0.25, -0.2) is 8.42 Å². The average molecular weight is 353 g/mol. The van der Waals surface area contributed by atoms with E-state index in [0.29, 0.717) is 6.54 Å². The first-order chi connectivity index (χ1) is 10.5. The van der Waals surface area contributed by atoms with E-state index in [9.17, 15) is 8.42 Å². The fourth-order valence-electron chi connectivity index (χ4n) is 2.21. The van der Waals surface area contributed by atoms with Crippen LogP contribution in [0.5, 0.6) is 0 Å². The first-order valence-corrected chi connectivity index (χ1v) is 9.46. The monoisotopic (exact) mass is 352 g/mol. The van der Waals surface area contributed by atoms with Crippen molar-refractivity contribution in [1.29, 1.82) is 5.26 Å². The summed E-state index contributed by atoms with van der Waals surface area (Å²) < 4.78 is 27.3. The fraction of sp³-hybridized carbons (Fsp3) is 0.267. The number of nitriles is 1. The van der Waals surface area contributed by atoms with Gasteiger partial charge in [0.2, 0.25) is 10.0 Å². The van der Waals surface area contributed by atoms with E-state index in [0.717, 1.165) is 17.7 Å². The van der Waals surface area contributed by atoms with Crippen LogP contribution in [0.1, 0.15) is 23.3 Å². The summed E-state index contributed by atoms with van der Waals surface area (Å²) in [5.41, 5.74) is 0.176. The third-order valence-corrected chi connectivity index (χ3v) is 6.60. The van der Waals surface area contributed by atoms with Gasteiger partial charge in [0.15, 0.2) is 0 Å². The van der Waals surface area contributed by atoms with Crippen LogP contribution in [0.4, 0.5) is 0 Å². The lowest BCUT2D eigenvalue weighted by atomic mass is 10.2. The van der Waals surface area contributed by atoms with Crippen LogP contribution < -0.4 is 0 Å². The molecule has 0 atom stereocenters. The van der Waals surface area contributed by atoms with Gasteiger partial charge in [0.1, 0.15) is 6.07 Å². The van der Waals surface area contributed by atoms with Crippen LogP contribution in [0.25, 0.3) is 0 Å². The van der Waals surface area contributed by atoms with Crippen LogP contribution in [0.3, 0.4) is 0 Å². The van der Waals surface area contributed by atoms with Gasteiger partial charge < -0.3 is 0 Å². The molecule has 0 saturated heterocycles. The van der Waals surface area contributed by atoms with Crippen molar-refractivity contribution in [1.82, 2.24) is 4.31 Å². The van der Waals surface area contributed by atoms with E-state index in [1.165, 1.54) is 33.8 Å². The van der Waals surface area contributed by atoms with Crippen LogP contribution in [0.15, 0.2) is 40.6 Å². The number of hydrogen-bond acceptors (Lipinski definition) is 4. The molecule has 4 nitrogen and oxygen atoms in total. The van der Waals surface area contributed by atoms with Crippen LogP contribution >= 0.6 is 22.9 Å². The molecule has 0 amide bonds. The highest BCUT2D eigenvalue weighted by atomic mass is 35.5. The Kier molecular flexibility index (Phi) is 4.24. The molecule has 1 saturated carbocycles. The lowest BCUT2D eigenvalue weighted by molar-refractivity contribution is 0.401. The zero-order valence-electron chi connectivity index (χ0n) is 11.6. The zero-order valence-corrected chi connectivity index (χ0v) is 14.0. The summed E-state index contributed by atoms with van der Waals surface area (Å²) in [6, 6.07) is 10.1. The summed E-state index contributed by atoms with van der Waals surface area (Å²) in [5, 5.41) is 11.2. The van der Waals surface area contributed by atoms with E-state index in [-0.39, 0.29) is 21.5 Å². The molecule has 22 heavy (non-hydrogen) atoms. The lowest BCUT2D eigenvalue weighted by Gasteiger charge is -2.21. The first kappa shape index (κ1) is 15.5. The van der Waals surface area contributed by atoms with Gasteiger partial charge in [0.05, 0.1) is 15.5 Å². The summed E-state index contributed by atoms with van der Waals surface area (Å²) >= 11 is 7.43. The predicted molar refractivity (Wildman–Crippen MR) is 86.2 cm³/mol. The molecule has 0 unspecified atom stereocenters. The maximum Gasteiger partial charge on any atom is 0.243 e. The Morgan fingerprint density at radius 1 is 1.36 bits per heavy atom. The number of nitrogens with zero attached hydrogens (tertiary/aromatic N) is 2. The molecule has 1 aromatic heterocycles. The van der Waals surface area contributed by atoms with E-state index in [1.807, 2.05) is 23.6 Å². The number of sulfonamides is 1. The summed E-state index contributed by atoms with van der Waals surface area (Å²) in [6.07, 6.45) is 1.76. The van der Waals surface area contributed by atoms with Crippen LogP contribution in [0.2, 0.25) is 5.02 Å². The van der Waals surface area contributed by atoms with Gasteiger partial charge in [-0.15, -0.1) is 11.3 Å². The van der Waals surface area contributed by atoms with Crippen LogP contribution in [-0.2, 0) is 16.6 Å². The maximum absolute atomic E-state index is 12.9. The third-order valence-electron chi connectivity index (χ3n) is 3.51. The van der Waals surface area contributed by atoms with Gasteiger partial charge in [0.25, 0.3) is 0 Å². The van der Waals surface area contributed by atoms with Crippen LogP contribution in [-0.4, -0.2) is 18.8 Å². The highest BCUT2D eigenvalue weighted by Crippen LogP contribution is 2.34. The number of benzene rings is 1. The van der Waals surface area contributed by atoms with Crippen molar-refractivity contribution in [2.75, 3.05) is 0 Å². The van der Waals surface area contributed by atoms with E-state index >= 15 is 0 Å². The van der Waals surface area contributed by atoms with Crippen molar-refractivity contribution in [3.05, 3.63) is 51.2 Å². The van der Waals surface area contributed by atoms with Gasteiger partial charge in [-0.2, -0.15) is 9.57 Å². The quantitative estimate of drug-likeness (QED) is 0.825. The van der Waals surface area contributed by atoms with Gasteiger partial charge in [-0.3, -0.25) is 0 Å². The highest BCUT2D eigenvalue weighted by Gasteiger charge is 2.38. The van der Waals surface area contributed by atoms with Crippen molar-refractivity contribution in [2.24, 2.45) is 0 Å². The van der Waals surface area contributed by atoms with Crippen molar-refractivity contribution in [3.63, 3.8) is 0 Å². The Balaban J connectivity index is 1.97. The summed E-state index contributed by atoms with van der Waals surface area (Å²) in [5.74, 6) is 0. The molecule has 0 spiro atoms. The SMILES string of the molecule is N#Cc1cc(S(=O)(=O)N(Cc2cccs2)C2CC2)ccc1Cl. The largest absolute Gasteiger partial charge is 0.243 e. The second-order valence-electron chi connectivity index (χ2n) is 5.11. The molecule has 1 aliphatic rings. The highest BCUT2D eigenvalue weighted by molar-refractivity contribution is 7.89. The van der Waals surface area contributed by atoms with E-state index in [2.05, 4.69) is 0 Å². The molecule has 0 aliphatic heterocycles. The second kappa shape index (κ2) is 6.01. The first-order valence-electron chi connectivity index (χ1n) is 6.76. The number of hydrogen-bond donors (Lipinski definition) is 0. The van der Waals surface area contributed by atoms with Gasteiger partial charge >= 0.3 is 0 Å². The molecule has 0 bridgehead atoms. The predicted octanol–water partition coefficient (Wildman–Crippen LogP) is 3.63. The molecule has 2 aromatic rings. The van der Waals surface area contributed by atoms with Gasteiger partial charge in [0, 0.05) is 17.5 Å². The molecule has 1 heterocycles. The smallest absolute Gasteiger partial charge is 0.207 e. The Labute approximate surface area is 138 Å². The average Bonchev–Trinajstić information content (AvgIpc) is 3.20. The molecular weight excluding hydrogens is 340 g/mol. The Hall–Kier alpha value is -1.39. The van der Waals surface area contributed by atoms with Crippen molar-refractivity contribution in [2.45, 2.75) is 30.3 Å². The molecule has 1 fully saturated rings. The molecule has 3 rings (SSSR count). The van der Waals surface area contributed by atoms with Crippen molar-refractivity contribution >= 4 is 33.0 Å². The fourth-order valence-corrected chi connectivity index (χ4v) is 4.85. The standard InChI is InChI=1S/C15H13ClN2O2S2/c16-15-6-5-14(8-11(15)9-17)22(19,20)18(12-3-4-12)10-13-2-1-7-21-13/h1-2,5-8,12H,3-4,10H2. The molecule has 1 aliphatic carbocycles. The second-order valence-corrected chi connectivity index (χ2v) is 8.44. The third kappa shape index (κ3) is 3.03. The minimum absolute atomic E-state index is 0.0494. The zero-order chi connectivity index (χ0) is 15.7.